The van der Waals surface area contributed by atoms with Crippen LogP contribution in [-0.2, 0) is 13.1 Å². The third kappa shape index (κ3) is 5.06. The standard InChI is InChI=1S/C15H23N5S/c1-11-17-13(10-21-11)9-20(5)14-7-6-12(18-19-14)8-16-15(2,3)4/h6-7,10,16H,8-9H2,1-5H3. The molecule has 0 amide bonds. The van der Waals surface area contributed by atoms with Crippen LogP contribution in [0.1, 0.15) is 37.2 Å². The molecule has 2 heterocycles. The first-order valence-electron chi connectivity index (χ1n) is 7.03. The highest BCUT2D eigenvalue weighted by Crippen LogP contribution is 2.14. The molecule has 0 atom stereocenters. The summed E-state index contributed by atoms with van der Waals surface area (Å²) in [5.74, 6) is 0.861. The van der Waals surface area contributed by atoms with E-state index in [1.165, 1.54) is 0 Å². The van der Waals surface area contributed by atoms with E-state index in [0.717, 1.165) is 35.3 Å². The number of anilines is 1. The number of nitrogens with zero attached hydrogens (tertiary/aromatic N) is 4. The van der Waals surface area contributed by atoms with Crippen molar-refractivity contribution in [2.24, 2.45) is 0 Å². The van der Waals surface area contributed by atoms with Crippen molar-refractivity contribution in [1.82, 2.24) is 20.5 Å². The molecular formula is C15H23N5S. The summed E-state index contributed by atoms with van der Waals surface area (Å²) in [4.78, 5) is 6.53. The summed E-state index contributed by atoms with van der Waals surface area (Å²) in [6.07, 6.45) is 0. The van der Waals surface area contributed by atoms with E-state index in [4.69, 9.17) is 0 Å². The van der Waals surface area contributed by atoms with Gasteiger partial charge in [-0.15, -0.1) is 16.4 Å². The Labute approximate surface area is 130 Å². The molecule has 0 spiro atoms. The molecule has 0 radical (unpaired) electrons. The Bertz CT molecular complexity index is 570. The molecule has 2 rings (SSSR count). The zero-order chi connectivity index (χ0) is 15.5. The lowest BCUT2D eigenvalue weighted by atomic mass is 10.1. The van der Waals surface area contributed by atoms with Gasteiger partial charge in [-0.25, -0.2) is 4.98 Å². The van der Waals surface area contributed by atoms with Gasteiger partial charge in [-0.05, 0) is 39.8 Å². The number of nitrogens with one attached hydrogen (secondary N) is 1. The summed E-state index contributed by atoms with van der Waals surface area (Å²) in [5.41, 5.74) is 2.10. The Morgan fingerprint density at radius 2 is 1.95 bits per heavy atom. The number of thiazole rings is 1. The lowest BCUT2D eigenvalue weighted by Gasteiger charge is -2.20. The van der Waals surface area contributed by atoms with E-state index in [0.29, 0.717) is 0 Å². The SMILES string of the molecule is Cc1nc(CN(C)c2ccc(CNC(C)(C)C)nn2)cs1. The van der Waals surface area contributed by atoms with Gasteiger partial charge >= 0.3 is 0 Å². The molecule has 0 aliphatic carbocycles. The van der Waals surface area contributed by atoms with Crippen LogP contribution in [-0.4, -0.2) is 27.8 Å². The van der Waals surface area contributed by atoms with E-state index >= 15 is 0 Å². The van der Waals surface area contributed by atoms with Crippen LogP contribution >= 0.6 is 11.3 Å². The highest BCUT2D eigenvalue weighted by atomic mass is 32.1. The zero-order valence-electron chi connectivity index (χ0n) is 13.3. The lowest BCUT2D eigenvalue weighted by Crippen LogP contribution is -2.35. The van der Waals surface area contributed by atoms with Crippen molar-refractivity contribution in [3.05, 3.63) is 33.9 Å². The summed E-state index contributed by atoms with van der Waals surface area (Å²) in [5, 5.41) is 15.2. The molecule has 2 aromatic rings. The molecule has 0 fully saturated rings. The van der Waals surface area contributed by atoms with Gasteiger partial charge in [-0.1, -0.05) is 0 Å². The average molecular weight is 305 g/mol. The second-order valence-corrected chi connectivity index (χ2v) is 7.26. The first-order valence-corrected chi connectivity index (χ1v) is 7.91. The molecule has 0 aliphatic rings. The third-order valence-electron chi connectivity index (χ3n) is 2.96. The fraction of sp³-hybridized carbons (Fsp3) is 0.533. The maximum Gasteiger partial charge on any atom is 0.151 e. The number of rotatable bonds is 5. The Morgan fingerprint density at radius 1 is 1.19 bits per heavy atom. The summed E-state index contributed by atoms with van der Waals surface area (Å²) in [6, 6.07) is 4.02. The minimum atomic E-state index is 0.0830. The van der Waals surface area contributed by atoms with Crippen molar-refractivity contribution in [2.45, 2.75) is 46.3 Å². The predicted molar refractivity (Wildman–Crippen MR) is 87.6 cm³/mol. The number of aromatic nitrogens is 3. The van der Waals surface area contributed by atoms with Crippen LogP contribution in [0.25, 0.3) is 0 Å². The highest BCUT2D eigenvalue weighted by molar-refractivity contribution is 7.09. The van der Waals surface area contributed by atoms with Gasteiger partial charge in [0.2, 0.25) is 0 Å². The zero-order valence-corrected chi connectivity index (χ0v) is 14.2. The molecule has 5 nitrogen and oxygen atoms in total. The minimum Gasteiger partial charge on any atom is -0.352 e. The lowest BCUT2D eigenvalue weighted by molar-refractivity contribution is 0.420. The van der Waals surface area contributed by atoms with E-state index in [2.05, 4.69) is 51.5 Å². The van der Waals surface area contributed by atoms with Crippen LogP contribution in [0.3, 0.4) is 0 Å². The van der Waals surface area contributed by atoms with E-state index in [-0.39, 0.29) is 5.54 Å². The largest absolute Gasteiger partial charge is 0.352 e. The topological polar surface area (TPSA) is 53.9 Å². The van der Waals surface area contributed by atoms with Gasteiger partial charge in [0.15, 0.2) is 5.82 Å². The Hall–Kier alpha value is -1.53. The molecule has 1 N–H and O–H groups in total. The molecular weight excluding hydrogens is 282 g/mol. The van der Waals surface area contributed by atoms with E-state index in [9.17, 15) is 0 Å². The van der Waals surface area contributed by atoms with Crippen molar-refractivity contribution in [3.63, 3.8) is 0 Å². The van der Waals surface area contributed by atoms with Gasteiger partial charge in [0.1, 0.15) is 0 Å². The first-order chi connectivity index (χ1) is 9.83. The molecule has 0 aromatic carbocycles. The monoisotopic (exact) mass is 305 g/mol. The van der Waals surface area contributed by atoms with Gasteiger partial charge in [0, 0.05) is 24.5 Å². The van der Waals surface area contributed by atoms with E-state index in [1.807, 2.05) is 26.1 Å². The van der Waals surface area contributed by atoms with Crippen molar-refractivity contribution in [2.75, 3.05) is 11.9 Å². The predicted octanol–water partition coefficient (Wildman–Crippen LogP) is 2.77. The Kier molecular flexibility index (Phi) is 4.90. The van der Waals surface area contributed by atoms with Crippen molar-refractivity contribution >= 4 is 17.2 Å². The molecule has 21 heavy (non-hydrogen) atoms. The quantitative estimate of drug-likeness (QED) is 0.920. The van der Waals surface area contributed by atoms with Crippen LogP contribution < -0.4 is 10.2 Å². The van der Waals surface area contributed by atoms with Gasteiger partial charge in [-0.3, -0.25) is 0 Å². The summed E-state index contributed by atoms with van der Waals surface area (Å²) >= 11 is 1.67. The highest BCUT2D eigenvalue weighted by Gasteiger charge is 2.10. The number of hydrogen-bond acceptors (Lipinski definition) is 6. The third-order valence-corrected chi connectivity index (χ3v) is 3.78. The summed E-state index contributed by atoms with van der Waals surface area (Å²) < 4.78 is 0. The smallest absolute Gasteiger partial charge is 0.151 e. The Balaban J connectivity index is 1.94. The first kappa shape index (κ1) is 15.9. The summed E-state index contributed by atoms with van der Waals surface area (Å²) in [6.45, 7) is 9.91. The maximum atomic E-state index is 4.47. The number of aryl methyl sites for hydroxylation is 1. The second kappa shape index (κ2) is 6.49. The normalized spacial score (nSPS) is 11.7. The van der Waals surface area contributed by atoms with Crippen LogP contribution in [0.4, 0.5) is 5.82 Å². The van der Waals surface area contributed by atoms with E-state index < -0.39 is 0 Å². The fourth-order valence-corrected chi connectivity index (χ4v) is 2.42. The molecule has 0 saturated heterocycles. The average Bonchev–Trinajstić information content (AvgIpc) is 2.81. The minimum absolute atomic E-state index is 0.0830. The van der Waals surface area contributed by atoms with Crippen LogP contribution in [0, 0.1) is 6.92 Å². The Morgan fingerprint density at radius 3 is 2.48 bits per heavy atom. The van der Waals surface area contributed by atoms with Crippen LogP contribution in [0.2, 0.25) is 0 Å². The van der Waals surface area contributed by atoms with Crippen LogP contribution in [0.5, 0.6) is 0 Å². The fourth-order valence-electron chi connectivity index (χ4n) is 1.81. The molecule has 114 valence electrons. The molecule has 6 heteroatoms. The molecule has 0 unspecified atom stereocenters. The molecule has 2 aromatic heterocycles. The van der Waals surface area contributed by atoms with Gasteiger partial charge in [-0.2, -0.15) is 5.10 Å². The van der Waals surface area contributed by atoms with Gasteiger partial charge in [0.25, 0.3) is 0 Å². The van der Waals surface area contributed by atoms with Crippen LogP contribution in [0.15, 0.2) is 17.5 Å². The number of hydrogen-bond donors (Lipinski definition) is 1. The van der Waals surface area contributed by atoms with Crippen molar-refractivity contribution in [1.29, 1.82) is 0 Å². The van der Waals surface area contributed by atoms with Crippen molar-refractivity contribution < 1.29 is 0 Å². The van der Waals surface area contributed by atoms with Gasteiger partial charge in [0.05, 0.1) is 22.9 Å². The molecule has 0 aliphatic heterocycles. The van der Waals surface area contributed by atoms with Gasteiger partial charge < -0.3 is 10.2 Å². The summed E-state index contributed by atoms with van der Waals surface area (Å²) in [7, 11) is 2.01. The van der Waals surface area contributed by atoms with Crippen molar-refractivity contribution in [3.8, 4) is 0 Å². The van der Waals surface area contributed by atoms with E-state index in [1.54, 1.807) is 11.3 Å². The maximum absolute atomic E-state index is 4.47. The molecule has 0 bridgehead atoms. The molecule has 0 saturated carbocycles. The second-order valence-electron chi connectivity index (χ2n) is 6.20.